The maximum Gasteiger partial charge on any atom is 0.338 e. The van der Waals surface area contributed by atoms with Crippen molar-refractivity contribution in [2.75, 3.05) is 27.9 Å². The Hall–Kier alpha value is -4.63. The molecule has 1 aromatic heterocycles. The van der Waals surface area contributed by atoms with Gasteiger partial charge in [-0.15, -0.1) is 0 Å². The second-order valence-corrected chi connectivity index (χ2v) is 9.82. The van der Waals surface area contributed by atoms with E-state index < -0.39 is 12.0 Å². The van der Waals surface area contributed by atoms with Crippen LogP contribution in [0, 0.1) is 0 Å². The summed E-state index contributed by atoms with van der Waals surface area (Å²) in [7, 11) is 4.74. The van der Waals surface area contributed by atoms with Crippen LogP contribution in [0.25, 0.3) is 11.8 Å². The van der Waals surface area contributed by atoms with Crippen molar-refractivity contribution in [1.82, 2.24) is 4.57 Å². The topological polar surface area (TPSA) is 88.4 Å². The number of methoxy groups -OCH3 is 3. The van der Waals surface area contributed by atoms with Gasteiger partial charge in [0.25, 0.3) is 5.56 Å². The first-order valence-corrected chi connectivity index (χ1v) is 13.4. The lowest BCUT2D eigenvalue weighted by atomic mass is 9.93. The van der Waals surface area contributed by atoms with E-state index in [4.69, 9.17) is 23.9 Å². The van der Waals surface area contributed by atoms with E-state index in [9.17, 15) is 9.59 Å². The van der Waals surface area contributed by atoms with Crippen LogP contribution in [-0.4, -0.2) is 38.5 Å². The first kappa shape index (κ1) is 27.0. The van der Waals surface area contributed by atoms with Crippen LogP contribution in [0.5, 0.6) is 17.2 Å². The summed E-state index contributed by atoms with van der Waals surface area (Å²) in [4.78, 5) is 32.9. The average Bonchev–Trinajstić information content (AvgIpc) is 3.31. The Bertz CT molecular complexity index is 1750. The number of esters is 1. The van der Waals surface area contributed by atoms with Crippen molar-refractivity contribution in [3.63, 3.8) is 0 Å². The average molecular weight is 557 g/mol. The molecule has 0 aliphatic carbocycles. The van der Waals surface area contributed by atoms with Gasteiger partial charge < -0.3 is 18.9 Å². The van der Waals surface area contributed by atoms with Gasteiger partial charge in [-0.25, -0.2) is 9.79 Å². The maximum absolute atomic E-state index is 14.1. The van der Waals surface area contributed by atoms with Gasteiger partial charge in [0.1, 0.15) is 17.2 Å². The lowest BCUT2D eigenvalue weighted by Gasteiger charge is -2.26. The highest BCUT2D eigenvalue weighted by Gasteiger charge is 2.35. The van der Waals surface area contributed by atoms with Gasteiger partial charge in [0.05, 0.1) is 49.8 Å². The van der Waals surface area contributed by atoms with Crippen molar-refractivity contribution in [2.45, 2.75) is 13.0 Å². The van der Waals surface area contributed by atoms with Crippen molar-refractivity contribution < 1.29 is 23.7 Å². The summed E-state index contributed by atoms with van der Waals surface area (Å²) < 4.78 is 23.8. The number of thiazole rings is 1. The summed E-state index contributed by atoms with van der Waals surface area (Å²) in [5.74, 6) is 1.35. The largest absolute Gasteiger partial charge is 0.497 e. The van der Waals surface area contributed by atoms with Crippen LogP contribution in [-0.2, 0) is 9.53 Å². The van der Waals surface area contributed by atoms with Crippen molar-refractivity contribution in [3.05, 3.63) is 115 Å². The summed E-state index contributed by atoms with van der Waals surface area (Å²) in [6.07, 6.45) is 1.76. The molecule has 4 aromatic rings. The number of aromatic nitrogens is 1. The second-order valence-electron chi connectivity index (χ2n) is 8.81. The molecule has 0 unspecified atom stereocenters. The fourth-order valence-electron chi connectivity index (χ4n) is 4.64. The minimum atomic E-state index is -0.772. The fourth-order valence-corrected chi connectivity index (χ4v) is 5.63. The first-order chi connectivity index (χ1) is 19.5. The number of benzene rings is 3. The number of rotatable bonds is 8. The molecule has 5 rings (SSSR count). The maximum atomic E-state index is 14.1. The van der Waals surface area contributed by atoms with E-state index in [1.807, 2.05) is 42.5 Å². The molecular weight excluding hydrogens is 528 g/mol. The van der Waals surface area contributed by atoms with Gasteiger partial charge in [0.2, 0.25) is 0 Å². The zero-order valence-electron chi connectivity index (χ0n) is 22.5. The normalized spacial score (nSPS) is 14.8. The molecule has 0 radical (unpaired) electrons. The lowest BCUT2D eigenvalue weighted by molar-refractivity contribution is -0.138. The molecule has 0 fully saturated rings. The highest BCUT2D eigenvalue weighted by Crippen LogP contribution is 2.35. The van der Waals surface area contributed by atoms with Gasteiger partial charge in [-0.3, -0.25) is 9.36 Å². The van der Waals surface area contributed by atoms with Crippen LogP contribution in [0.3, 0.4) is 0 Å². The molecule has 204 valence electrons. The standard InChI is InChI=1S/C31H28N2O6S/c1-5-39-30(35)26-27(19-9-7-6-8-10-19)32-31-33(28(26)20-11-13-22(36-2)14-12-20)29(34)25(40-31)18-21-17-23(37-3)15-16-24(21)38-4/h6-18,28H,5H2,1-4H3/b25-18-/t28-/m1/s1. The van der Waals surface area contributed by atoms with Crippen LogP contribution in [0.4, 0.5) is 0 Å². The lowest BCUT2D eigenvalue weighted by Crippen LogP contribution is -2.40. The number of ether oxygens (including phenoxy) is 4. The molecule has 0 spiro atoms. The van der Waals surface area contributed by atoms with Gasteiger partial charge in [-0.1, -0.05) is 53.8 Å². The van der Waals surface area contributed by atoms with Crippen molar-refractivity contribution in [3.8, 4) is 17.2 Å². The van der Waals surface area contributed by atoms with E-state index in [1.165, 1.54) is 11.3 Å². The molecule has 2 heterocycles. The highest BCUT2D eigenvalue weighted by molar-refractivity contribution is 7.07. The third-order valence-corrected chi connectivity index (χ3v) is 7.51. The second kappa shape index (κ2) is 11.6. The molecule has 40 heavy (non-hydrogen) atoms. The zero-order valence-corrected chi connectivity index (χ0v) is 23.4. The van der Waals surface area contributed by atoms with Gasteiger partial charge in [-0.2, -0.15) is 0 Å². The molecule has 0 saturated carbocycles. The summed E-state index contributed by atoms with van der Waals surface area (Å²) >= 11 is 1.24. The Morgan fingerprint density at radius 1 is 0.950 bits per heavy atom. The van der Waals surface area contributed by atoms with Gasteiger partial charge >= 0.3 is 5.97 Å². The molecule has 1 atom stereocenters. The monoisotopic (exact) mass is 556 g/mol. The first-order valence-electron chi connectivity index (χ1n) is 12.6. The Balaban J connectivity index is 1.82. The summed E-state index contributed by atoms with van der Waals surface area (Å²) in [6.45, 7) is 1.93. The van der Waals surface area contributed by atoms with Crippen LogP contribution >= 0.6 is 11.3 Å². The molecule has 1 aliphatic heterocycles. The van der Waals surface area contributed by atoms with Crippen LogP contribution < -0.4 is 29.1 Å². The van der Waals surface area contributed by atoms with E-state index in [1.54, 1.807) is 69.2 Å². The Morgan fingerprint density at radius 2 is 1.65 bits per heavy atom. The van der Waals surface area contributed by atoms with Gasteiger partial charge in [-0.05, 0) is 48.9 Å². The van der Waals surface area contributed by atoms with E-state index in [0.29, 0.717) is 37.8 Å². The molecule has 3 aromatic carbocycles. The molecule has 0 saturated heterocycles. The fraction of sp³-hybridized carbons (Fsp3) is 0.194. The highest BCUT2D eigenvalue weighted by atomic mass is 32.1. The molecule has 8 nitrogen and oxygen atoms in total. The van der Waals surface area contributed by atoms with E-state index in [2.05, 4.69) is 0 Å². The molecule has 1 aliphatic rings. The van der Waals surface area contributed by atoms with Crippen LogP contribution in [0.2, 0.25) is 0 Å². The third kappa shape index (κ3) is 5.03. The number of carbonyl (C=O) groups excluding carboxylic acids is 1. The minimum absolute atomic E-state index is 0.180. The Labute approximate surface area is 235 Å². The number of hydrogen-bond acceptors (Lipinski definition) is 8. The molecule has 0 bridgehead atoms. The number of nitrogens with zero attached hydrogens (tertiary/aromatic N) is 2. The zero-order chi connectivity index (χ0) is 28.2. The van der Waals surface area contributed by atoms with E-state index in [0.717, 1.165) is 11.1 Å². The number of hydrogen-bond donors (Lipinski definition) is 0. The van der Waals surface area contributed by atoms with Gasteiger partial charge in [0, 0.05) is 11.1 Å². The quantitative estimate of drug-likeness (QED) is 0.306. The van der Waals surface area contributed by atoms with Crippen molar-refractivity contribution in [1.29, 1.82) is 0 Å². The van der Waals surface area contributed by atoms with E-state index in [-0.39, 0.29) is 17.7 Å². The third-order valence-electron chi connectivity index (χ3n) is 6.53. The molecular formula is C31H28N2O6S. The summed E-state index contributed by atoms with van der Waals surface area (Å²) in [5, 5.41) is 0. The Kier molecular flexibility index (Phi) is 7.84. The van der Waals surface area contributed by atoms with Gasteiger partial charge in [0.15, 0.2) is 4.80 Å². The van der Waals surface area contributed by atoms with E-state index >= 15 is 0 Å². The molecule has 0 amide bonds. The number of carbonyl (C=O) groups is 1. The van der Waals surface area contributed by atoms with Crippen LogP contribution in [0.15, 0.2) is 88.2 Å². The Morgan fingerprint density at radius 3 is 2.30 bits per heavy atom. The van der Waals surface area contributed by atoms with Crippen molar-refractivity contribution >= 4 is 29.1 Å². The number of fused-ring (bicyclic) bond motifs is 1. The predicted octanol–water partition coefficient (Wildman–Crippen LogP) is 3.96. The predicted molar refractivity (Wildman–Crippen MR) is 154 cm³/mol. The summed E-state index contributed by atoms with van der Waals surface area (Å²) in [5.41, 5.74) is 2.61. The SMILES string of the molecule is CCOC(=O)C1=C(c2ccccc2)N=c2s/c(=C\c3cc(OC)ccc3OC)c(=O)n2[C@@H]1c1ccc(OC)cc1. The summed E-state index contributed by atoms with van der Waals surface area (Å²) in [6, 6.07) is 21.3. The van der Waals surface area contributed by atoms with Crippen LogP contribution in [0.1, 0.15) is 29.7 Å². The molecule has 0 N–H and O–H groups in total. The van der Waals surface area contributed by atoms with Crippen molar-refractivity contribution in [2.24, 2.45) is 4.99 Å². The molecule has 9 heteroatoms. The smallest absolute Gasteiger partial charge is 0.338 e. The minimum Gasteiger partial charge on any atom is -0.497 e.